The van der Waals surface area contributed by atoms with E-state index in [4.69, 9.17) is 4.74 Å². The number of carbonyl (C=O) groups is 1. The quantitative estimate of drug-likeness (QED) is 0.742. The van der Waals surface area contributed by atoms with E-state index in [-0.39, 0.29) is 12.5 Å². The van der Waals surface area contributed by atoms with Crippen molar-refractivity contribution in [1.82, 2.24) is 14.8 Å². The minimum atomic E-state index is -0.0597. The van der Waals surface area contributed by atoms with Crippen molar-refractivity contribution >= 4 is 34.2 Å². The molecule has 0 atom stereocenters. The summed E-state index contributed by atoms with van der Waals surface area (Å²) in [6, 6.07) is 5.81. The van der Waals surface area contributed by atoms with Gasteiger partial charge >= 0.3 is 0 Å². The number of aryl methyl sites for hydroxylation is 1. The molecular weight excluding hydrogens is 383 g/mol. The van der Waals surface area contributed by atoms with Gasteiger partial charge < -0.3 is 4.74 Å². The van der Waals surface area contributed by atoms with E-state index < -0.39 is 0 Å². The molecule has 0 fully saturated rings. The fourth-order valence-electron chi connectivity index (χ4n) is 2.30. The lowest BCUT2D eigenvalue weighted by molar-refractivity contribution is -0.121. The second kappa shape index (κ2) is 6.00. The maximum atomic E-state index is 12.2. The van der Waals surface area contributed by atoms with Crippen molar-refractivity contribution in [1.29, 1.82) is 0 Å². The molecule has 0 N–H and O–H groups in total. The predicted octanol–water partition coefficient (Wildman–Crippen LogP) is 2.22. The molecule has 1 aromatic heterocycles. The molecule has 0 saturated heterocycles. The van der Waals surface area contributed by atoms with Gasteiger partial charge in [0.05, 0.1) is 12.2 Å². The molecule has 0 saturated carbocycles. The van der Waals surface area contributed by atoms with Crippen LogP contribution in [0.4, 0.5) is 5.69 Å². The van der Waals surface area contributed by atoms with Crippen LogP contribution < -0.4 is 9.64 Å². The van der Waals surface area contributed by atoms with E-state index in [0.717, 1.165) is 33.8 Å². The Balaban J connectivity index is 1.93. The first kappa shape index (κ1) is 14.3. The highest BCUT2D eigenvalue weighted by Crippen LogP contribution is 2.34. The first-order valence-electron chi connectivity index (χ1n) is 6.78. The lowest BCUT2D eigenvalue weighted by atomic mass is 10.2. The van der Waals surface area contributed by atoms with Crippen LogP contribution in [0.25, 0.3) is 0 Å². The number of fused-ring (bicyclic) bond motifs is 1. The number of benzene rings is 1. The Hall–Kier alpha value is -1.64. The first-order valence-corrected chi connectivity index (χ1v) is 7.86. The van der Waals surface area contributed by atoms with Gasteiger partial charge in [0.15, 0.2) is 6.61 Å². The smallest absolute Gasteiger partial charge is 0.265 e. The molecule has 0 bridgehead atoms. The summed E-state index contributed by atoms with van der Waals surface area (Å²) in [6.45, 7) is 3.36. The zero-order valence-corrected chi connectivity index (χ0v) is 13.8. The third-order valence-corrected chi connectivity index (χ3v) is 3.97. The Morgan fingerprint density at radius 1 is 1.43 bits per heavy atom. The molecule has 110 valence electrons. The van der Waals surface area contributed by atoms with Gasteiger partial charge in [0, 0.05) is 10.1 Å². The van der Waals surface area contributed by atoms with E-state index >= 15 is 0 Å². The summed E-state index contributed by atoms with van der Waals surface area (Å²) < 4.78 is 8.38. The number of ether oxygens (including phenoxy) is 1. The lowest BCUT2D eigenvalue weighted by Crippen LogP contribution is -2.39. The molecule has 1 aliphatic heterocycles. The van der Waals surface area contributed by atoms with Gasteiger partial charge in [-0.2, -0.15) is 5.10 Å². The topological polar surface area (TPSA) is 60.2 Å². The van der Waals surface area contributed by atoms with Crippen LogP contribution >= 0.6 is 22.6 Å². The summed E-state index contributed by atoms with van der Waals surface area (Å²) in [7, 11) is 0. The molecular formula is C14H15IN4O2. The van der Waals surface area contributed by atoms with Gasteiger partial charge in [0.25, 0.3) is 5.91 Å². The number of rotatable bonds is 4. The van der Waals surface area contributed by atoms with E-state index in [1.807, 2.05) is 22.9 Å². The molecule has 2 aromatic rings. The molecule has 6 nitrogen and oxygen atoms in total. The Morgan fingerprint density at radius 2 is 2.29 bits per heavy atom. The zero-order chi connectivity index (χ0) is 14.8. The molecule has 0 radical (unpaired) electrons. The normalized spacial score (nSPS) is 14.0. The van der Waals surface area contributed by atoms with Crippen molar-refractivity contribution in [2.45, 2.75) is 26.4 Å². The largest absolute Gasteiger partial charge is 0.482 e. The Kier molecular flexibility index (Phi) is 4.09. The highest BCUT2D eigenvalue weighted by Gasteiger charge is 2.27. The Labute approximate surface area is 136 Å². The van der Waals surface area contributed by atoms with Crippen molar-refractivity contribution in [3.8, 4) is 5.75 Å². The third kappa shape index (κ3) is 2.87. The average molecular weight is 398 g/mol. The summed E-state index contributed by atoms with van der Waals surface area (Å²) in [5, 5.41) is 4.20. The van der Waals surface area contributed by atoms with Crippen LogP contribution in [0, 0.1) is 3.57 Å². The maximum absolute atomic E-state index is 12.2. The minimum Gasteiger partial charge on any atom is -0.482 e. The van der Waals surface area contributed by atoms with Gasteiger partial charge in [0.1, 0.15) is 17.9 Å². The molecule has 1 aromatic carbocycles. The van der Waals surface area contributed by atoms with Gasteiger partial charge in [0.2, 0.25) is 0 Å². The van der Waals surface area contributed by atoms with Crippen LogP contribution in [-0.4, -0.2) is 27.3 Å². The number of anilines is 1. The number of halogens is 1. The van der Waals surface area contributed by atoms with Crippen LogP contribution in [0.15, 0.2) is 24.5 Å². The van der Waals surface area contributed by atoms with Gasteiger partial charge in [-0.05, 0) is 47.2 Å². The SMILES string of the molecule is CCCn1ncnc1CN1C(=O)COc2ccc(I)cc21. The second-order valence-electron chi connectivity index (χ2n) is 4.78. The van der Waals surface area contributed by atoms with Gasteiger partial charge in [-0.1, -0.05) is 6.92 Å². The molecule has 21 heavy (non-hydrogen) atoms. The first-order chi connectivity index (χ1) is 10.2. The summed E-state index contributed by atoms with van der Waals surface area (Å²) in [5.74, 6) is 1.46. The maximum Gasteiger partial charge on any atom is 0.265 e. The van der Waals surface area contributed by atoms with Crippen LogP contribution in [0.2, 0.25) is 0 Å². The number of aromatic nitrogens is 3. The van der Waals surface area contributed by atoms with Crippen molar-refractivity contribution in [3.05, 3.63) is 33.9 Å². The average Bonchev–Trinajstić information content (AvgIpc) is 2.90. The number of amides is 1. The Bertz CT molecular complexity index is 671. The minimum absolute atomic E-state index is 0.0597. The fourth-order valence-corrected chi connectivity index (χ4v) is 2.77. The summed E-state index contributed by atoms with van der Waals surface area (Å²) >= 11 is 2.23. The van der Waals surface area contributed by atoms with Gasteiger partial charge in [-0.3, -0.25) is 9.69 Å². The molecule has 7 heteroatoms. The van der Waals surface area contributed by atoms with Crippen LogP contribution in [0.3, 0.4) is 0 Å². The fraction of sp³-hybridized carbons (Fsp3) is 0.357. The molecule has 3 rings (SSSR count). The van der Waals surface area contributed by atoms with Gasteiger partial charge in [-0.15, -0.1) is 0 Å². The van der Waals surface area contributed by atoms with Gasteiger partial charge in [-0.25, -0.2) is 9.67 Å². The van der Waals surface area contributed by atoms with Crippen LogP contribution in [-0.2, 0) is 17.9 Å². The molecule has 0 aliphatic carbocycles. The van der Waals surface area contributed by atoms with Crippen molar-refractivity contribution in [2.24, 2.45) is 0 Å². The molecule has 0 spiro atoms. The molecule has 0 unspecified atom stereocenters. The third-order valence-electron chi connectivity index (χ3n) is 3.29. The lowest BCUT2D eigenvalue weighted by Gasteiger charge is -2.29. The number of hydrogen-bond acceptors (Lipinski definition) is 4. The number of hydrogen-bond donors (Lipinski definition) is 0. The Morgan fingerprint density at radius 3 is 3.10 bits per heavy atom. The second-order valence-corrected chi connectivity index (χ2v) is 6.03. The zero-order valence-electron chi connectivity index (χ0n) is 11.6. The summed E-state index contributed by atoms with van der Waals surface area (Å²) in [6.07, 6.45) is 2.51. The van der Waals surface area contributed by atoms with E-state index in [9.17, 15) is 4.79 Å². The number of carbonyl (C=O) groups excluding carboxylic acids is 1. The number of nitrogens with zero attached hydrogens (tertiary/aromatic N) is 4. The predicted molar refractivity (Wildman–Crippen MR) is 86.2 cm³/mol. The standard InChI is InChI=1S/C14H15IN4O2/c1-2-5-19-13(16-9-17-19)7-18-11-6-10(15)3-4-12(11)21-8-14(18)20/h3-4,6,9H,2,5,7-8H2,1H3. The van der Waals surface area contributed by atoms with Crippen molar-refractivity contribution < 1.29 is 9.53 Å². The van der Waals surface area contributed by atoms with Crippen LogP contribution in [0.1, 0.15) is 19.2 Å². The monoisotopic (exact) mass is 398 g/mol. The summed E-state index contributed by atoms with van der Waals surface area (Å²) in [4.78, 5) is 18.2. The van der Waals surface area contributed by atoms with E-state index in [2.05, 4.69) is 39.6 Å². The van der Waals surface area contributed by atoms with Crippen molar-refractivity contribution in [2.75, 3.05) is 11.5 Å². The van der Waals surface area contributed by atoms with Crippen LogP contribution in [0.5, 0.6) is 5.75 Å². The molecule has 1 amide bonds. The highest BCUT2D eigenvalue weighted by molar-refractivity contribution is 14.1. The van der Waals surface area contributed by atoms with E-state index in [1.165, 1.54) is 6.33 Å². The molecule has 2 heterocycles. The molecule has 1 aliphatic rings. The van der Waals surface area contributed by atoms with Crippen molar-refractivity contribution in [3.63, 3.8) is 0 Å². The highest BCUT2D eigenvalue weighted by atomic mass is 127. The van der Waals surface area contributed by atoms with E-state index in [0.29, 0.717) is 6.54 Å². The summed E-state index contributed by atoms with van der Waals surface area (Å²) in [5.41, 5.74) is 0.796. The van der Waals surface area contributed by atoms with E-state index in [1.54, 1.807) is 4.90 Å².